The van der Waals surface area contributed by atoms with Crippen LogP contribution in [-0.2, 0) is 6.18 Å². The quantitative estimate of drug-likeness (QED) is 0.645. The molecule has 162 valence electrons. The van der Waals surface area contributed by atoms with Crippen LogP contribution in [0.15, 0.2) is 36.5 Å². The van der Waals surface area contributed by atoms with E-state index in [1.165, 1.54) is 29.0 Å². The van der Waals surface area contributed by atoms with Gasteiger partial charge in [0.1, 0.15) is 11.8 Å². The number of carbonyl (C=O) groups excluding carboxylic acids is 1. The second-order valence-electron chi connectivity index (χ2n) is 7.15. The van der Waals surface area contributed by atoms with E-state index in [0.717, 1.165) is 44.6 Å². The third-order valence-electron chi connectivity index (χ3n) is 5.08. The smallest absolute Gasteiger partial charge is 0.348 e. The first-order valence-electron chi connectivity index (χ1n) is 10.0. The summed E-state index contributed by atoms with van der Waals surface area (Å²) in [7, 11) is 0. The number of halogens is 3. The van der Waals surface area contributed by atoms with Crippen molar-refractivity contribution in [2.45, 2.75) is 45.8 Å². The molecule has 0 aliphatic carbocycles. The summed E-state index contributed by atoms with van der Waals surface area (Å²) in [4.78, 5) is 15.2. The molecule has 5 nitrogen and oxygen atoms in total. The van der Waals surface area contributed by atoms with Crippen LogP contribution in [-0.4, -0.2) is 41.1 Å². The van der Waals surface area contributed by atoms with Crippen LogP contribution in [0.25, 0.3) is 5.69 Å². The Morgan fingerprint density at radius 2 is 1.83 bits per heavy atom. The molecule has 0 aliphatic rings. The van der Waals surface area contributed by atoms with Crippen molar-refractivity contribution in [3.05, 3.63) is 53.3 Å². The maximum absolute atomic E-state index is 12.9. The summed E-state index contributed by atoms with van der Waals surface area (Å²) < 4.78 is 39.9. The van der Waals surface area contributed by atoms with Gasteiger partial charge < -0.3 is 14.8 Å². The maximum atomic E-state index is 12.9. The van der Waals surface area contributed by atoms with Gasteiger partial charge in [-0.05, 0) is 69.7 Å². The zero-order chi connectivity index (χ0) is 22.3. The average molecular weight is 420 g/mol. The van der Waals surface area contributed by atoms with E-state index in [4.69, 9.17) is 0 Å². The monoisotopic (exact) mass is 420 g/mol. The number of alkyl halides is 3. The Bertz CT molecular complexity index is 877. The Hall–Kier alpha value is -2.79. The SMILES string of the molecule is CCN(CC)CCCC(C)NC(=O)c1c(C#N)ccn1-c1ccc(C(F)(F)F)cc1. The summed E-state index contributed by atoms with van der Waals surface area (Å²) in [6.45, 7) is 9.00. The van der Waals surface area contributed by atoms with Crippen LogP contribution in [0.5, 0.6) is 0 Å². The van der Waals surface area contributed by atoms with Gasteiger partial charge in [-0.3, -0.25) is 4.79 Å². The predicted octanol–water partition coefficient (Wildman–Crippen LogP) is 4.61. The molecule has 1 N–H and O–H groups in total. The highest BCUT2D eigenvalue weighted by Crippen LogP contribution is 2.30. The van der Waals surface area contributed by atoms with Gasteiger partial charge in [-0.25, -0.2) is 0 Å². The molecule has 0 bridgehead atoms. The van der Waals surface area contributed by atoms with Gasteiger partial charge in [-0.15, -0.1) is 0 Å². The molecule has 30 heavy (non-hydrogen) atoms. The van der Waals surface area contributed by atoms with Gasteiger partial charge in [-0.1, -0.05) is 13.8 Å². The fraction of sp³-hybridized carbons (Fsp3) is 0.455. The summed E-state index contributed by atoms with van der Waals surface area (Å²) in [6.07, 6.45) is -1.21. The molecule has 0 saturated heterocycles. The largest absolute Gasteiger partial charge is 0.416 e. The van der Waals surface area contributed by atoms with E-state index in [1.54, 1.807) is 0 Å². The fourth-order valence-electron chi connectivity index (χ4n) is 3.31. The van der Waals surface area contributed by atoms with Crippen molar-refractivity contribution in [2.24, 2.45) is 0 Å². The second-order valence-corrected chi connectivity index (χ2v) is 7.15. The third-order valence-corrected chi connectivity index (χ3v) is 5.08. The highest BCUT2D eigenvalue weighted by molar-refractivity contribution is 5.96. The summed E-state index contributed by atoms with van der Waals surface area (Å²) >= 11 is 0. The van der Waals surface area contributed by atoms with Crippen molar-refractivity contribution >= 4 is 5.91 Å². The van der Waals surface area contributed by atoms with E-state index in [0.29, 0.717) is 5.69 Å². The van der Waals surface area contributed by atoms with Crippen molar-refractivity contribution in [3.63, 3.8) is 0 Å². The van der Waals surface area contributed by atoms with Gasteiger partial charge in [-0.2, -0.15) is 18.4 Å². The maximum Gasteiger partial charge on any atom is 0.416 e. The number of hydrogen-bond acceptors (Lipinski definition) is 3. The molecule has 2 rings (SSSR count). The van der Waals surface area contributed by atoms with E-state index in [1.807, 2.05) is 13.0 Å². The lowest BCUT2D eigenvalue weighted by molar-refractivity contribution is -0.137. The Morgan fingerprint density at radius 1 is 1.20 bits per heavy atom. The van der Waals surface area contributed by atoms with Gasteiger partial charge in [0.05, 0.1) is 11.1 Å². The second kappa shape index (κ2) is 10.3. The van der Waals surface area contributed by atoms with E-state index < -0.39 is 17.6 Å². The number of rotatable bonds is 9. The van der Waals surface area contributed by atoms with Crippen LogP contribution in [0.4, 0.5) is 13.2 Å². The lowest BCUT2D eigenvalue weighted by Gasteiger charge is -2.20. The molecule has 1 atom stereocenters. The molecule has 2 aromatic rings. The average Bonchev–Trinajstić information content (AvgIpc) is 3.15. The first-order valence-corrected chi connectivity index (χ1v) is 10.0. The number of aromatic nitrogens is 1. The summed E-state index contributed by atoms with van der Waals surface area (Å²) in [5.41, 5.74) is -0.105. The van der Waals surface area contributed by atoms with Crippen LogP contribution in [0.2, 0.25) is 0 Å². The predicted molar refractivity (Wildman–Crippen MR) is 109 cm³/mol. The minimum absolute atomic E-state index is 0.101. The van der Waals surface area contributed by atoms with Crippen LogP contribution < -0.4 is 5.32 Å². The molecule has 0 saturated carbocycles. The van der Waals surface area contributed by atoms with Crippen molar-refractivity contribution in [2.75, 3.05) is 19.6 Å². The molecular formula is C22H27F3N4O. The molecule has 0 spiro atoms. The van der Waals surface area contributed by atoms with Crippen molar-refractivity contribution in [3.8, 4) is 11.8 Å². The van der Waals surface area contributed by atoms with Gasteiger partial charge >= 0.3 is 6.18 Å². The number of nitrogens with zero attached hydrogens (tertiary/aromatic N) is 3. The van der Waals surface area contributed by atoms with E-state index in [9.17, 15) is 23.2 Å². The number of hydrogen-bond donors (Lipinski definition) is 1. The number of nitrogens with one attached hydrogen (secondary N) is 1. The molecule has 0 aliphatic heterocycles. The minimum Gasteiger partial charge on any atom is -0.348 e. The molecule has 1 unspecified atom stereocenters. The lowest BCUT2D eigenvalue weighted by atomic mass is 10.1. The molecular weight excluding hydrogens is 393 g/mol. The lowest BCUT2D eigenvalue weighted by Crippen LogP contribution is -2.35. The summed E-state index contributed by atoms with van der Waals surface area (Å²) in [6, 6.07) is 7.85. The Morgan fingerprint density at radius 3 is 2.37 bits per heavy atom. The number of amides is 1. The Balaban J connectivity index is 2.14. The number of carbonyl (C=O) groups is 1. The van der Waals surface area contributed by atoms with Gasteiger partial charge in [0.2, 0.25) is 0 Å². The van der Waals surface area contributed by atoms with E-state index >= 15 is 0 Å². The molecule has 0 radical (unpaired) electrons. The topological polar surface area (TPSA) is 61.1 Å². The standard InChI is InChI=1S/C22H27F3N4O/c1-4-28(5-2)13-6-7-16(3)27-21(30)20-17(15-26)12-14-29(20)19-10-8-18(9-11-19)22(23,24)25/h8-12,14,16H,4-7,13H2,1-3H3,(H,27,30). The normalized spacial score (nSPS) is 12.6. The Labute approximate surface area is 175 Å². The van der Waals surface area contributed by atoms with Gasteiger partial charge in [0.25, 0.3) is 5.91 Å². The zero-order valence-corrected chi connectivity index (χ0v) is 17.5. The molecule has 1 aromatic carbocycles. The minimum atomic E-state index is -4.44. The van der Waals surface area contributed by atoms with E-state index in [2.05, 4.69) is 24.1 Å². The highest BCUT2D eigenvalue weighted by Gasteiger charge is 2.30. The van der Waals surface area contributed by atoms with Gasteiger partial charge in [0.15, 0.2) is 0 Å². The van der Waals surface area contributed by atoms with E-state index in [-0.39, 0.29) is 17.3 Å². The Kier molecular flexibility index (Phi) is 8.07. The summed E-state index contributed by atoms with van der Waals surface area (Å²) in [5.74, 6) is -0.424. The van der Waals surface area contributed by atoms with Crippen LogP contribution >= 0.6 is 0 Å². The van der Waals surface area contributed by atoms with Crippen molar-refractivity contribution in [1.82, 2.24) is 14.8 Å². The molecule has 1 amide bonds. The van der Waals surface area contributed by atoms with Crippen molar-refractivity contribution in [1.29, 1.82) is 5.26 Å². The highest BCUT2D eigenvalue weighted by atomic mass is 19.4. The fourth-order valence-corrected chi connectivity index (χ4v) is 3.31. The van der Waals surface area contributed by atoms with Crippen molar-refractivity contribution < 1.29 is 18.0 Å². The molecule has 0 fully saturated rings. The third kappa shape index (κ3) is 5.86. The molecule has 8 heteroatoms. The molecule has 1 aromatic heterocycles. The first-order chi connectivity index (χ1) is 14.2. The summed E-state index contributed by atoms with van der Waals surface area (Å²) in [5, 5.41) is 12.3. The van der Waals surface area contributed by atoms with Crippen LogP contribution in [0.1, 0.15) is 55.2 Å². The number of nitriles is 1. The zero-order valence-electron chi connectivity index (χ0n) is 17.5. The van der Waals surface area contributed by atoms with Crippen LogP contribution in [0, 0.1) is 11.3 Å². The number of benzene rings is 1. The first kappa shape index (κ1) is 23.5. The van der Waals surface area contributed by atoms with Crippen LogP contribution in [0.3, 0.4) is 0 Å². The van der Waals surface area contributed by atoms with Gasteiger partial charge in [0, 0.05) is 17.9 Å². The molecule has 1 heterocycles.